The molecule has 0 aromatic carbocycles. The average molecular weight is 252 g/mol. The summed E-state index contributed by atoms with van der Waals surface area (Å²) < 4.78 is 10.9. The molecule has 5 heteroatoms. The number of nitrogens with zero attached hydrogens (tertiary/aromatic N) is 2. The molecule has 0 saturated carbocycles. The SMILES string of the molecule is C[C@@H]1CN(C(=O)C2(C#N)CCOCC2)C[C@H](C)O1. The van der Waals surface area contributed by atoms with E-state index < -0.39 is 5.41 Å². The van der Waals surface area contributed by atoms with E-state index in [4.69, 9.17) is 9.47 Å². The molecular formula is C13H20N2O3. The predicted octanol–water partition coefficient (Wildman–Crippen LogP) is 0.943. The number of hydrogen-bond acceptors (Lipinski definition) is 4. The molecule has 2 atom stereocenters. The van der Waals surface area contributed by atoms with Crippen LogP contribution in [0.5, 0.6) is 0 Å². The zero-order valence-corrected chi connectivity index (χ0v) is 11.0. The van der Waals surface area contributed by atoms with Crippen molar-refractivity contribution in [2.45, 2.75) is 38.9 Å². The standard InChI is InChI=1S/C13H20N2O3/c1-10-7-15(8-11(2)18-10)12(16)13(9-14)3-5-17-6-4-13/h10-11H,3-8H2,1-2H3/t10-,11+. The largest absolute Gasteiger partial charge is 0.381 e. The first-order valence-corrected chi connectivity index (χ1v) is 6.51. The van der Waals surface area contributed by atoms with Gasteiger partial charge in [-0.05, 0) is 26.7 Å². The molecule has 100 valence electrons. The Morgan fingerprint density at radius 3 is 2.33 bits per heavy atom. The molecule has 0 aromatic rings. The zero-order chi connectivity index (χ0) is 13.2. The number of nitriles is 1. The van der Waals surface area contributed by atoms with Gasteiger partial charge in [-0.1, -0.05) is 0 Å². The maximum absolute atomic E-state index is 12.6. The minimum Gasteiger partial charge on any atom is -0.381 e. The summed E-state index contributed by atoms with van der Waals surface area (Å²) in [6.07, 6.45) is 1.08. The van der Waals surface area contributed by atoms with Gasteiger partial charge in [0.1, 0.15) is 5.41 Å². The van der Waals surface area contributed by atoms with Crippen molar-refractivity contribution in [3.63, 3.8) is 0 Å². The highest BCUT2D eigenvalue weighted by molar-refractivity contribution is 5.85. The second-order valence-electron chi connectivity index (χ2n) is 5.27. The van der Waals surface area contributed by atoms with Crippen LogP contribution in [0.3, 0.4) is 0 Å². The first kappa shape index (κ1) is 13.3. The summed E-state index contributed by atoms with van der Waals surface area (Å²) >= 11 is 0. The van der Waals surface area contributed by atoms with Crippen molar-refractivity contribution in [2.24, 2.45) is 5.41 Å². The summed E-state index contributed by atoms with van der Waals surface area (Å²) in [6, 6.07) is 2.23. The number of morpholine rings is 1. The van der Waals surface area contributed by atoms with Crippen molar-refractivity contribution in [1.29, 1.82) is 5.26 Å². The Hall–Kier alpha value is -1.12. The fourth-order valence-electron chi connectivity index (χ4n) is 2.74. The van der Waals surface area contributed by atoms with Crippen molar-refractivity contribution in [3.05, 3.63) is 0 Å². The second-order valence-corrected chi connectivity index (χ2v) is 5.27. The van der Waals surface area contributed by atoms with E-state index in [-0.39, 0.29) is 18.1 Å². The molecule has 2 aliphatic rings. The number of ether oxygens (including phenoxy) is 2. The minimum atomic E-state index is -0.880. The summed E-state index contributed by atoms with van der Waals surface area (Å²) in [5.41, 5.74) is -0.880. The maximum Gasteiger partial charge on any atom is 0.243 e. The van der Waals surface area contributed by atoms with Crippen LogP contribution in [0.1, 0.15) is 26.7 Å². The van der Waals surface area contributed by atoms with Gasteiger partial charge >= 0.3 is 0 Å². The second kappa shape index (κ2) is 5.25. The van der Waals surface area contributed by atoms with Gasteiger partial charge in [0, 0.05) is 26.3 Å². The van der Waals surface area contributed by atoms with Crippen LogP contribution in [0, 0.1) is 16.7 Å². The fourth-order valence-corrected chi connectivity index (χ4v) is 2.74. The van der Waals surface area contributed by atoms with E-state index in [0.29, 0.717) is 39.1 Å². The van der Waals surface area contributed by atoms with E-state index in [0.717, 1.165) is 0 Å². The molecule has 0 bridgehead atoms. The Labute approximate surface area is 108 Å². The molecule has 2 fully saturated rings. The molecule has 1 amide bonds. The molecule has 2 saturated heterocycles. The third-order valence-electron chi connectivity index (χ3n) is 3.68. The number of carbonyl (C=O) groups is 1. The van der Waals surface area contributed by atoms with Crippen molar-refractivity contribution in [2.75, 3.05) is 26.3 Å². The third kappa shape index (κ3) is 2.50. The molecule has 0 aliphatic carbocycles. The van der Waals surface area contributed by atoms with Crippen LogP contribution in [0.25, 0.3) is 0 Å². The van der Waals surface area contributed by atoms with E-state index in [2.05, 4.69) is 6.07 Å². The van der Waals surface area contributed by atoms with Gasteiger partial charge < -0.3 is 14.4 Å². The number of amides is 1. The summed E-state index contributed by atoms with van der Waals surface area (Å²) in [4.78, 5) is 14.4. The summed E-state index contributed by atoms with van der Waals surface area (Å²) in [5, 5.41) is 9.39. The molecule has 5 nitrogen and oxygen atoms in total. The van der Waals surface area contributed by atoms with E-state index in [9.17, 15) is 10.1 Å². The molecule has 2 heterocycles. The Morgan fingerprint density at radius 1 is 1.28 bits per heavy atom. The molecule has 0 aromatic heterocycles. The van der Waals surface area contributed by atoms with Gasteiger partial charge in [0.15, 0.2) is 0 Å². The van der Waals surface area contributed by atoms with Gasteiger partial charge in [0.05, 0.1) is 18.3 Å². The van der Waals surface area contributed by atoms with Crippen LogP contribution in [-0.4, -0.2) is 49.3 Å². The van der Waals surface area contributed by atoms with E-state index in [1.165, 1.54) is 0 Å². The Balaban J connectivity index is 2.11. The van der Waals surface area contributed by atoms with Crippen molar-refractivity contribution in [3.8, 4) is 6.07 Å². The molecule has 0 radical (unpaired) electrons. The van der Waals surface area contributed by atoms with Gasteiger partial charge in [0.2, 0.25) is 5.91 Å². The van der Waals surface area contributed by atoms with Crippen LogP contribution in [0.4, 0.5) is 0 Å². The Bertz CT molecular complexity index is 348. The lowest BCUT2D eigenvalue weighted by molar-refractivity contribution is -0.154. The smallest absolute Gasteiger partial charge is 0.243 e. The van der Waals surface area contributed by atoms with Crippen LogP contribution >= 0.6 is 0 Å². The van der Waals surface area contributed by atoms with Gasteiger partial charge in [0.25, 0.3) is 0 Å². The molecule has 2 aliphatic heterocycles. The first-order chi connectivity index (χ1) is 8.57. The normalized spacial score (nSPS) is 31.7. The topological polar surface area (TPSA) is 62.6 Å². The van der Waals surface area contributed by atoms with Crippen molar-refractivity contribution >= 4 is 5.91 Å². The van der Waals surface area contributed by atoms with Crippen LogP contribution in [0.15, 0.2) is 0 Å². The number of hydrogen-bond donors (Lipinski definition) is 0. The van der Waals surface area contributed by atoms with Gasteiger partial charge in [-0.3, -0.25) is 4.79 Å². The monoisotopic (exact) mass is 252 g/mol. The average Bonchev–Trinajstić information content (AvgIpc) is 2.37. The van der Waals surface area contributed by atoms with Gasteiger partial charge in [-0.2, -0.15) is 5.26 Å². The molecular weight excluding hydrogens is 232 g/mol. The van der Waals surface area contributed by atoms with Gasteiger partial charge in [-0.15, -0.1) is 0 Å². The van der Waals surface area contributed by atoms with Crippen LogP contribution in [-0.2, 0) is 14.3 Å². The Kier molecular flexibility index (Phi) is 3.88. The van der Waals surface area contributed by atoms with E-state index >= 15 is 0 Å². The third-order valence-corrected chi connectivity index (χ3v) is 3.68. The Morgan fingerprint density at radius 2 is 1.83 bits per heavy atom. The molecule has 0 spiro atoms. The lowest BCUT2D eigenvalue weighted by Gasteiger charge is -2.40. The first-order valence-electron chi connectivity index (χ1n) is 6.51. The quantitative estimate of drug-likeness (QED) is 0.697. The zero-order valence-electron chi connectivity index (χ0n) is 11.0. The summed E-state index contributed by atoms with van der Waals surface area (Å²) in [5.74, 6) is -0.0460. The van der Waals surface area contributed by atoms with E-state index in [1.54, 1.807) is 4.90 Å². The minimum absolute atomic E-state index is 0.0354. The van der Waals surface area contributed by atoms with Crippen LogP contribution < -0.4 is 0 Å². The summed E-state index contributed by atoms with van der Waals surface area (Å²) in [7, 11) is 0. The number of rotatable bonds is 1. The molecule has 0 N–H and O–H groups in total. The van der Waals surface area contributed by atoms with Gasteiger partial charge in [-0.25, -0.2) is 0 Å². The highest BCUT2D eigenvalue weighted by Gasteiger charge is 2.44. The highest BCUT2D eigenvalue weighted by atomic mass is 16.5. The number of carbonyl (C=O) groups excluding carboxylic acids is 1. The molecule has 18 heavy (non-hydrogen) atoms. The molecule has 2 rings (SSSR count). The van der Waals surface area contributed by atoms with E-state index in [1.807, 2.05) is 13.8 Å². The maximum atomic E-state index is 12.6. The summed E-state index contributed by atoms with van der Waals surface area (Å²) in [6.45, 7) is 6.06. The molecule has 0 unspecified atom stereocenters. The lowest BCUT2D eigenvalue weighted by Crippen LogP contribution is -2.54. The lowest BCUT2D eigenvalue weighted by atomic mass is 9.80. The fraction of sp³-hybridized carbons (Fsp3) is 0.846. The van der Waals surface area contributed by atoms with Crippen molar-refractivity contribution < 1.29 is 14.3 Å². The predicted molar refractivity (Wildman–Crippen MR) is 64.7 cm³/mol. The van der Waals surface area contributed by atoms with Crippen LogP contribution in [0.2, 0.25) is 0 Å². The van der Waals surface area contributed by atoms with Crippen molar-refractivity contribution in [1.82, 2.24) is 4.90 Å². The highest BCUT2D eigenvalue weighted by Crippen LogP contribution is 2.32.